The molecule has 0 unspecified atom stereocenters. The van der Waals surface area contributed by atoms with E-state index < -0.39 is 15.8 Å². The third kappa shape index (κ3) is 5.07. The zero-order chi connectivity index (χ0) is 25.8. The predicted octanol–water partition coefficient (Wildman–Crippen LogP) is 3.24. The van der Waals surface area contributed by atoms with Gasteiger partial charge >= 0.3 is 5.97 Å². The fourth-order valence-electron chi connectivity index (χ4n) is 4.64. The molecule has 2 aromatic rings. The summed E-state index contributed by atoms with van der Waals surface area (Å²) in [6.07, 6.45) is 1.96. The van der Waals surface area contributed by atoms with Crippen molar-refractivity contribution < 1.29 is 24.2 Å². The summed E-state index contributed by atoms with van der Waals surface area (Å²) in [7, 11) is 0. The zero-order valence-corrected chi connectivity index (χ0v) is 19.9. The first-order valence-corrected chi connectivity index (χ1v) is 11.8. The van der Waals surface area contributed by atoms with Gasteiger partial charge in [-0.3, -0.25) is 25.0 Å². The maximum atomic E-state index is 13.1. The van der Waals surface area contributed by atoms with Crippen molar-refractivity contribution in [1.29, 1.82) is 0 Å². The molecule has 2 saturated heterocycles. The standard InChI is InChI=1S/C24H27N5O7/c1-2-36-24(31)18-6-8-20(22(16-18)29(34)35)26-11-13-27(14-12-26)23(30)17-5-7-19(21(15-17)28(32)33)25-9-3-4-10-25/h5-8,15-16H,2-4,9-14H2,1H3. The molecule has 12 heteroatoms. The van der Waals surface area contributed by atoms with Gasteiger partial charge in [0.25, 0.3) is 17.3 Å². The molecular formula is C24H27N5O7. The third-order valence-corrected chi connectivity index (χ3v) is 6.46. The Bertz CT molecular complexity index is 1190. The van der Waals surface area contributed by atoms with Gasteiger partial charge in [-0.1, -0.05) is 0 Å². The highest BCUT2D eigenvalue weighted by Crippen LogP contribution is 2.33. The van der Waals surface area contributed by atoms with Crippen molar-refractivity contribution in [2.45, 2.75) is 19.8 Å². The number of anilines is 2. The van der Waals surface area contributed by atoms with Gasteiger partial charge in [0.2, 0.25) is 0 Å². The number of nitro benzene ring substituents is 2. The Morgan fingerprint density at radius 2 is 1.31 bits per heavy atom. The van der Waals surface area contributed by atoms with Crippen LogP contribution in [0.4, 0.5) is 22.7 Å². The van der Waals surface area contributed by atoms with Crippen LogP contribution in [0.25, 0.3) is 0 Å². The monoisotopic (exact) mass is 497 g/mol. The number of benzene rings is 2. The first-order valence-electron chi connectivity index (χ1n) is 11.8. The molecule has 0 atom stereocenters. The van der Waals surface area contributed by atoms with E-state index in [1.165, 1.54) is 24.3 Å². The van der Waals surface area contributed by atoms with Crippen LogP contribution in [0.2, 0.25) is 0 Å². The normalized spacial score (nSPS) is 15.6. The third-order valence-electron chi connectivity index (χ3n) is 6.46. The molecule has 0 spiro atoms. The molecule has 2 aliphatic heterocycles. The molecule has 0 saturated carbocycles. The Kier molecular flexibility index (Phi) is 7.32. The first kappa shape index (κ1) is 24.9. The summed E-state index contributed by atoms with van der Waals surface area (Å²) in [5.74, 6) is -0.953. The van der Waals surface area contributed by atoms with Crippen LogP contribution < -0.4 is 9.80 Å². The molecule has 12 nitrogen and oxygen atoms in total. The second-order valence-corrected chi connectivity index (χ2v) is 8.62. The van der Waals surface area contributed by atoms with E-state index in [4.69, 9.17) is 4.74 Å². The average Bonchev–Trinajstić information content (AvgIpc) is 3.42. The lowest BCUT2D eigenvalue weighted by atomic mass is 10.1. The number of nitro groups is 2. The smallest absolute Gasteiger partial charge is 0.338 e. The van der Waals surface area contributed by atoms with Gasteiger partial charge in [-0.2, -0.15) is 0 Å². The van der Waals surface area contributed by atoms with Gasteiger partial charge in [0, 0.05) is 57.0 Å². The Morgan fingerprint density at radius 1 is 0.806 bits per heavy atom. The number of carbonyl (C=O) groups is 2. The molecule has 0 aromatic heterocycles. The summed E-state index contributed by atoms with van der Waals surface area (Å²) in [5, 5.41) is 23.4. The Hall–Kier alpha value is -4.22. The van der Waals surface area contributed by atoms with Crippen molar-refractivity contribution in [3.63, 3.8) is 0 Å². The van der Waals surface area contributed by atoms with Crippen LogP contribution in [-0.2, 0) is 4.74 Å². The van der Waals surface area contributed by atoms with E-state index in [0.29, 0.717) is 24.5 Å². The lowest BCUT2D eigenvalue weighted by molar-refractivity contribution is -0.384. The number of rotatable bonds is 7. The van der Waals surface area contributed by atoms with Crippen LogP contribution in [0.5, 0.6) is 0 Å². The Morgan fingerprint density at radius 3 is 1.83 bits per heavy atom. The van der Waals surface area contributed by atoms with E-state index in [9.17, 15) is 29.8 Å². The Labute approximate surface area is 207 Å². The summed E-state index contributed by atoms with van der Waals surface area (Å²) in [6.45, 7) is 4.56. The van der Waals surface area contributed by atoms with Gasteiger partial charge in [-0.05, 0) is 44.0 Å². The molecule has 0 aliphatic carbocycles. The molecule has 0 radical (unpaired) electrons. The minimum absolute atomic E-state index is 0.0845. The molecule has 0 bridgehead atoms. The van der Waals surface area contributed by atoms with Gasteiger partial charge in [-0.25, -0.2) is 4.79 Å². The number of nitrogens with zero attached hydrogens (tertiary/aromatic N) is 5. The van der Waals surface area contributed by atoms with Crippen molar-refractivity contribution in [2.24, 2.45) is 0 Å². The number of esters is 1. The lowest BCUT2D eigenvalue weighted by Crippen LogP contribution is -2.49. The SMILES string of the molecule is CCOC(=O)c1ccc(N2CCN(C(=O)c3ccc(N4CCCC4)c([N+](=O)[O-])c3)CC2)c([N+](=O)[O-])c1. The van der Waals surface area contributed by atoms with Gasteiger partial charge < -0.3 is 19.4 Å². The van der Waals surface area contributed by atoms with Gasteiger partial charge in [0.1, 0.15) is 11.4 Å². The highest BCUT2D eigenvalue weighted by atomic mass is 16.6. The lowest BCUT2D eigenvalue weighted by Gasteiger charge is -2.36. The molecule has 190 valence electrons. The fraction of sp³-hybridized carbons (Fsp3) is 0.417. The van der Waals surface area contributed by atoms with Gasteiger partial charge in [0.05, 0.1) is 22.0 Å². The highest BCUT2D eigenvalue weighted by molar-refractivity contribution is 5.96. The molecule has 1 amide bonds. The summed E-state index contributed by atoms with van der Waals surface area (Å²) < 4.78 is 4.93. The van der Waals surface area contributed by atoms with Crippen molar-refractivity contribution in [3.05, 3.63) is 67.8 Å². The number of hydrogen-bond donors (Lipinski definition) is 0. The molecule has 2 heterocycles. The minimum Gasteiger partial charge on any atom is -0.462 e. The van der Waals surface area contributed by atoms with Crippen LogP contribution in [0, 0.1) is 20.2 Å². The molecular weight excluding hydrogens is 470 g/mol. The van der Waals surface area contributed by atoms with Crippen LogP contribution in [0.3, 0.4) is 0 Å². The molecule has 2 aliphatic rings. The maximum absolute atomic E-state index is 13.1. The second-order valence-electron chi connectivity index (χ2n) is 8.62. The summed E-state index contributed by atoms with van der Waals surface area (Å²) in [6, 6.07) is 8.80. The molecule has 36 heavy (non-hydrogen) atoms. The average molecular weight is 498 g/mol. The van der Waals surface area contributed by atoms with Crippen LogP contribution in [-0.4, -0.2) is 72.5 Å². The number of amides is 1. The largest absolute Gasteiger partial charge is 0.462 e. The zero-order valence-electron chi connectivity index (χ0n) is 19.9. The van der Waals surface area contributed by atoms with Crippen molar-refractivity contribution >= 4 is 34.6 Å². The Balaban J connectivity index is 1.48. The molecule has 4 rings (SSSR count). The first-order chi connectivity index (χ1) is 17.3. The second kappa shape index (κ2) is 10.6. The van der Waals surface area contributed by atoms with Crippen LogP contribution in [0.1, 0.15) is 40.5 Å². The quantitative estimate of drug-likeness (QED) is 0.320. The van der Waals surface area contributed by atoms with E-state index in [2.05, 4.69) is 0 Å². The maximum Gasteiger partial charge on any atom is 0.338 e. The van der Waals surface area contributed by atoms with E-state index in [0.717, 1.165) is 25.9 Å². The van der Waals surface area contributed by atoms with Crippen LogP contribution in [0.15, 0.2) is 36.4 Å². The van der Waals surface area contributed by atoms with Crippen molar-refractivity contribution in [1.82, 2.24) is 4.90 Å². The summed E-state index contributed by atoms with van der Waals surface area (Å²) in [5.41, 5.74) is 0.915. The number of ether oxygens (including phenoxy) is 1. The van der Waals surface area contributed by atoms with E-state index in [1.54, 1.807) is 28.9 Å². The van der Waals surface area contributed by atoms with E-state index >= 15 is 0 Å². The topological polar surface area (TPSA) is 139 Å². The van der Waals surface area contributed by atoms with Gasteiger partial charge in [0.15, 0.2) is 0 Å². The minimum atomic E-state index is -0.632. The molecule has 2 fully saturated rings. The van der Waals surface area contributed by atoms with E-state index in [-0.39, 0.29) is 48.1 Å². The number of hydrogen-bond acceptors (Lipinski definition) is 9. The van der Waals surface area contributed by atoms with Crippen molar-refractivity contribution in [2.75, 3.05) is 55.7 Å². The van der Waals surface area contributed by atoms with Crippen molar-refractivity contribution in [3.8, 4) is 0 Å². The summed E-state index contributed by atoms with van der Waals surface area (Å²) in [4.78, 5) is 52.8. The van der Waals surface area contributed by atoms with Crippen LogP contribution >= 0.6 is 0 Å². The molecule has 0 N–H and O–H groups in total. The number of piperazine rings is 1. The van der Waals surface area contributed by atoms with E-state index in [1.807, 2.05) is 4.90 Å². The highest BCUT2D eigenvalue weighted by Gasteiger charge is 2.29. The van der Waals surface area contributed by atoms with Gasteiger partial charge in [-0.15, -0.1) is 0 Å². The summed E-state index contributed by atoms with van der Waals surface area (Å²) >= 11 is 0. The fourth-order valence-corrected chi connectivity index (χ4v) is 4.64. The number of carbonyl (C=O) groups excluding carboxylic acids is 2. The predicted molar refractivity (Wildman–Crippen MR) is 132 cm³/mol. The molecule has 2 aromatic carbocycles.